The summed E-state index contributed by atoms with van der Waals surface area (Å²) in [5, 5.41) is 0.642. The van der Waals surface area contributed by atoms with Crippen LogP contribution in [0.15, 0.2) is 36.4 Å². The molecule has 106 valence electrons. The Hall–Kier alpha value is -1.58. The van der Waals surface area contributed by atoms with Gasteiger partial charge in [0.25, 0.3) is 0 Å². The van der Waals surface area contributed by atoms with Crippen molar-refractivity contribution in [3.63, 3.8) is 0 Å². The molecule has 2 nitrogen and oxygen atoms in total. The average Bonchev–Trinajstić information content (AvgIpc) is 2.37. The van der Waals surface area contributed by atoms with Gasteiger partial charge < -0.3 is 10.5 Å². The van der Waals surface area contributed by atoms with E-state index in [4.69, 9.17) is 22.1 Å². The van der Waals surface area contributed by atoms with E-state index in [1.54, 1.807) is 6.07 Å². The fourth-order valence-electron chi connectivity index (χ4n) is 1.93. The van der Waals surface area contributed by atoms with Crippen LogP contribution in [0.2, 0.25) is 5.02 Å². The van der Waals surface area contributed by atoms with Gasteiger partial charge in [0.1, 0.15) is 18.2 Å². The van der Waals surface area contributed by atoms with Crippen molar-refractivity contribution >= 4 is 11.6 Å². The Morgan fingerprint density at radius 1 is 1.25 bits per heavy atom. The van der Waals surface area contributed by atoms with E-state index in [9.17, 15) is 4.39 Å². The van der Waals surface area contributed by atoms with Gasteiger partial charge in [-0.1, -0.05) is 29.8 Å². The van der Waals surface area contributed by atoms with E-state index in [0.29, 0.717) is 10.8 Å². The summed E-state index contributed by atoms with van der Waals surface area (Å²) in [6.07, 6.45) is 0. The van der Waals surface area contributed by atoms with Crippen molar-refractivity contribution in [1.29, 1.82) is 0 Å². The number of halogens is 2. The van der Waals surface area contributed by atoms with Crippen LogP contribution >= 0.6 is 11.6 Å². The van der Waals surface area contributed by atoms with Crippen molar-refractivity contribution in [1.82, 2.24) is 0 Å². The van der Waals surface area contributed by atoms with Gasteiger partial charge in [0, 0.05) is 28.3 Å². The maximum Gasteiger partial charge on any atom is 0.127 e. The van der Waals surface area contributed by atoms with Crippen LogP contribution in [0.5, 0.6) is 5.75 Å². The molecule has 4 heteroatoms. The van der Waals surface area contributed by atoms with Crippen molar-refractivity contribution in [2.75, 3.05) is 0 Å². The van der Waals surface area contributed by atoms with Crippen LogP contribution in [0.4, 0.5) is 4.39 Å². The Labute approximate surface area is 123 Å². The zero-order valence-electron chi connectivity index (χ0n) is 11.5. The molecule has 20 heavy (non-hydrogen) atoms. The number of ether oxygens (including phenoxy) is 1. The van der Waals surface area contributed by atoms with Crippen LogP contribution in [-0.4, -0.2) is 0 Å². The highest BCUT2D eigenvalue weighted by atomic mass is 35.5. The molecule has 0 aliphatic rings. The fourth-order valence-corrected chi connectivity index (χ4v) is 2.22. The molecule has 2 rings (SSSR count). The highest BCUT2D eigenvalue weighted by Gasteiger charge is 2.10. The van der Waals surface area contributed by atoms with Crippen LogP contribution in [0, 0.1) is 12.7 Å². The third kappa shape index (κ3) is 3.50. The van der Waals surface area contributed by atoms with Gasteiger partial charge in [-0.25, -0.2) is 4.39 Å². The number of hydrogen-bond acceptors (Lipinski definition) is 2. The van der Waals surface area contributed by atoms with Gasteiger partial charge in [-0.15, -0.1) is 0 Å². The summed E-state index contributed by atoms with van der Waals surface area (Å²) < 4.78 is 19.0. The molecule has 0 unspecified atom stereocenters. The van der Waals surface area contributed by atoms with Gasteiger partial charge in [-0.2, -0.15) is 0 Å². The van der Waals surface area contributed by atoms with Crippen molar-refractivity contribution in [3.8, 4) is 5.75 Å². The molecule has 0 saturated carbocycles. The minimum absolute atomic E-state index is 0.223. The summed E-state index contributed by atoms with van der Waals surface area (Å²) in [6, 6.07) is 9.89. The standard InChI is InChI=1S/C16H17ClFNO/c1-10-3-4-12(15(17)7-10)9-20-16-8-13(18)5-6-14(16)11(2)19/h3-8,11H,9,19H2,1-2H3/t11-/m1/s1. The molecule has 2 N–H and O–H groups in total. The van der Waals surface area contributed by atoms with E-state index in [-0.39, 0.29) is 18.5 Å². The number of aryl methyl sites for hydroxylation is 1. The summed E-state index contributed by atoms with van der Waals surface area (Å²) in [7, 11) is 0. The first-order valence-electron chi connectivity index (χ1n) is 6.40. The smallest absolute Gasteiger partial charge is 0.127 e. The van der Waals surface area contributed by atoms with Crippen LogP contribution in [0.25, 0.3) is 0 Å². The monoisotopic (exact) mass is 293 g/mol. The molecule has 0 spiro atoms. The first-order chi connectivity index (χ1) is 9.47. The molecule has 2 aromatic carbocycles. The van der Waals surface area contributed by atoms with Crippen LogP contribution in [0.1, 0.15) is 29.7 Å². The summed E-state index contributed by atoms with van der Waals surface area (Å²) in [5.41, 5.74) is 8.57. The molecule has 0 heterocycles. The molecule has 0 fully saturated rings. The molecule has 1 atom stereocenters. The number of benzene rings is 2. The first kappa shape index (κ1) is 14.8. The molecule has 0 aliphatic heterocycles. The van der Waals surface area contributed by atoms with E-state index in [0.717, 1.165) is 16.7 Å². The summed E-state index contributed by atoms with van der Waals surface area (Å²) in [5.74, 6) is 0.107. The third-order valence-electron chi connectivity index (χ3n) is 3.06. The quantitative estimate of drug-likeness (QED) is 0.907. The lowest BCUT2D eigenvalue weighted by Gasteiger charge is -2.15. The summed E-state index contributed by atoms with van der Waals surface area (Å²) in [4.78, 5) is 0. The minimum Gasteiger partial charge on any atom is -0.488 e. The zero-order valence-corrected chi connectivity index (χ0v) is 12.2. The predicted molar refractivity (Wildman–Crippen MR) is 79.5 cm³/mol. The van der Waals surface area contributed by atoms with Crippen molar-refractivity contribution in [2.45, 2.75) is 26.5 Å². The van der Waals surface area contributed by atoms with E-state index in [1.807, 2.05) is 32.0 Å². The van der Waals surface area contributed by atoms with E-state index in [1.165, 1.54) is 12.1 Å². The van der Waals surface area contributed by atoms with Crippen molar-refractivity contribution in [3.05, 3.63) is 63.9 Å². The normalized spacial score (nSPS) is 12.2. The van der Waals surface area contributed by atoms with Gasteiger partial charge in [0.2, 0.25) is 0 Å². The van der Waals surface area contributed by atoms with Crippen molar-refractivity contribution < 1.29 is 9.13 Å². The number of hydrogen-bond donors (Lipinski definition) is 1. The van der Waals surface area contributed by atoms with Gasteiger partial charge >= 0.3 is 0 Å². The average molecular weight is 294 g/mol. The minimum atomic E-state index is -0.348. The molecule has 0 saturated heterocycles. The first-order valence-corrected chi connectivity index (χ1v) is 6.78. The van der Waals surface area contributed by atoms with Crippen molar-refractivity contribution in [2.24, 2.45) is 5.73 Å². The van der Waals surface area contributed by atoms with Crippen LogP contribution in [-0.2, 0) is 6.61 Å². The molecule has 0 aromatic heterocycles. The largest absolute Gasteiger partial charge is 0.488 e. The predicted octanol–water partition coefficient (Wildman–Crippen LogP) is 4.39. The third-order valence-corrected chi connectivity index (χ3v) is 3.41. The Kier molecular flexibility index (Phi) is 4.63. The molecule has 0 bridgehead atoms. The molecule has 2 aromatic rings. The molecular weight excluding hydrogens is 277 g/mol. The Balaban J connectivity index is 2.20. The fraction of sp³-hybridized carbons (Fsp3) is 0.250. The van der Waals surface area contributed by atoms with Gasteiger partial charge in [0.15, 0.2) is 0 Å². The SMILES string of the molecule is Cc1ccc(COc2cc(F)ccc2[C@@H](C)N)c(Cl)c1. The van der Waals surface area contributed by atoms with E-state index < -0.39 is 0 Å². The molecule has 0 amide bonds. The second kappa shape index (κ2) is 6.25. The zero-order chi connectivity index (χ0) is 14.7. The van der Waals surface area contributed by atoms with Crippen LogP contribution in [0.3, 0.4) is 0 Å². The van der Waals surface area contributed by atoms with E-state index >= 15 is 0 Å². The highest BCUT2D eigenvalue weighted by molar-refractivity contribution is 6.31. The van der Waals surface area contributed by atoms with Crippen LogP contribution < -0.4 is 10.5 Å². The molecule has 0 radical (unpaired) electrons. The Morgan fingerprint density at radius 3 is 2.65 bits per heavy atom. The lowest BCUT2D eigenvalue weighted by atomic mass is 10.1. The molecule has 0 aliphatic carbocycles. The number of nitrogens with two attached hydrogens (primary N) is 1. The summed E-state index contributed by atoms with van der Waals surface area (Å²) in [6.45, 7) is 4.08. The maximum atomic E-state index is 13.3. The van der Waals surface area contributed by atoms with Gasteiger partial charge in [-0.3, -0.25) is 0 Å². The topological polar surface area (TPSA) is 35.2 Å². The van der Waals surface area contributed by atoms with Gasteiger partial charge in [0.05, 0.1) is 0 Å². The molecular formula is C16H17ClFNO. The number of rotatable bonds is 4. The van der Waals surface area contributed by atoms with E-state index in [2.05, 4.69) is 0 Å². The highest BCUT2D eigenvalue weighted by Crippen LogP contribution is 2.27. The maximum absolute atomic E-state index is 13.3. The second-order valence-corrected chi connectivity index (χ2v) is 5.26. The Bertz CT molecular complexity index is 613. The lowest BCUT2D eigenvalue weighted by Crippen LogP contribution is -2.08. The summed E-state index contributed by atoms with van der Waals surface area (Å²) >= 11 is 6.15. The second-order valence-electron chi connectivity index (χ2n) is 4.85. The lowest BCUT2D eigenvalue weighted by molar-refractivity contribution is 0.300. The Morgan fingerprint density at radius 2 is 2.00 bits per heavy atom. The van der Waals surface area contributed by atoms with Gasteiger partial charge in [-0.05, 0) is 31.5 Å².